The summed E-state index contributed by atoms with van der Waals surface area (Å²) in [5.41, 5.74) is 0.748. The van der Waals surface area contributed by atoms with Crippen molar-refractivity contribution >= 4 is 11.7 Å². The quantitative estimate of drug-likeness (QED) is 0.702. The van der Waals surface area contributed by atoms with Crippen LogP contribution in [-0.4, -0.2) is 42.9 Å². The number of nitrogens with zero attached hydrogens (tertiary/aromatic N) is 1. The van der Waals surface area contributed by atoms with E-state index >= 15 is 0 Å². The largest absolute Gasteiger partial charge is 0.490 e. The zero-order valence-corrected chi connectivity index (χ0v) is 15.6. The van der Waals surface area contributed by atoms with Crippen LogP contribution in [0.5, 0.6) is 11.5 Å². The van der Waals surface area contributed by atoms with Gasteiger partial charge in [0.15, 0.2) is 23.9 Å². The SMILES string of the molecule is CCOc1ccccc1OCC(=O)N1CCC(C(=O)c2ccccc2)CC1. The van der Waals surface area contributed by atoms with Gasteiger partial charge >= 0.3 is 0 Å². The van der Waals surface area contributed by atoms with E-state index in [0.717, 1.165) is 5.56 Å². The smallest absolute Gasteiger partial charge is 0.260 e. The van der Waals surface area contributed by atoms with Crippen LogP contribution in [0.15, 0.2) is 54.6 Å². The van der Waals surface area contributed by atoms with Gasteiger partial charge < -0.3 is 14.4 Å². The first kappa shape index (κ1) is 19.0. The van der Waals surface area contributed by atoms with Gasteiger partial charge in [0.25, 0.3) is 5.91 Å². The van der Waals surface area contributed by atoms with Gasteiger partial charge in [-0.3, -0.25) is 9.59 Å². The molecule has 1 aliphatic heterocycles. The summed E-state index contributed by atoms with van der Waals surface area (Å²) in [6.07, 6.45) is 1.38. The highest BCUT2D eigenvalue weighted by Crippen LogP contribution is 2.27. The Balaban J connectivity index is 1.50. The predicted molar refractivity (Wildman–Crippen MR) is 103 cm³/mol. The fourth-order valence-electron chi connectivity index (χ4n) is 3.30. The summed E-state index contributed by atoms with van der Waals surface area (Å²) in [5, 5.41) is 0. The van der Waals surface area contributed by atoms with Gasteiger partial charge in [0.1, 0.15) is 0 Å². The molecule has 5 nitrogen and oxygen atoms in total. The van der Waals surface area contributed by atoms with Gasteiger partial charge in [0.05, 0.1) is 6.61 Å². The number of rotatable bonds is 7. The number of carbonyl (C=O) groups excluding carboxylic acids is 2. The number of ether oxygens (including phenoxy) is 2. The molecule has 1 aliphatic rings. The Labute approximate surface area is 159 Å². The lowest BCUT2D eigenvalue weighted by molar-refractivity contribution is -0.134. The Kier molecular flexibility index (Phi) is 6.47. The van der Waals surface area contributed by atoms with Crippen molar-refractivity contribution in [3.63, 3.8) is 0 Å². The van der Waals surface area contributed by atoms with E-state index in [2.05, 4.69) is 0 Å². The summed E-state index contributed by atoms with van der Waals surface area (Å²) < 4.78 is 11.2. The molecular weight excluding hydrogens is 342 g/mol. The summed E-state index contributed by atoms with van der Waals surface area (Å²) in [5.74, 6) is 1.30. The van der Waals surface area contributed by atoms with E-state index in [4.69, 9.17) is 9.47 Å². The molecule has 0 atom stereocenters. The van der Waals surface area contributed by atoms with Crippen LogP contribution >= 0.6 is 0 Å². The lowest BCUT2D eigenvalue weighted by Gasteiger charge is -2.31. The zero-order chi connectivity index (χ0) is 19.1. The molecule has 142 valence electrons. The standard InChI is InChI=1S/C22H25NO4/c1-2-26-19-10-6-7-11-20(19)27-16-21(24)23-14-12-18(13-15-23)22(25)17-8-4-3-5-9-17/h3-11,18H,2,12-16H2,1H3. The summed E-state index contributed by atoms with van der Waals surface area (Å²) in [6.45, 7) is 3.58. The molecule has 3 rings (SSSR count). The third-order valence-electron chi connectivity index (χ3n) is 4.78. The molecule has 5 heteroatoms. The Morgan fingerprint density at radius 1 is 0.926 bits per heavy atom. The molecule has 0 unspecified atom stereocenters. The second kappa shape index (κ2) is 9.21. The molecule has 0 aliphatic carbocycles. The Morgan fingerprint density at radius 2 is 1.52 bits per heavy atom. The van der Waals surface area contributed by atoms with Crippen molar-refractivity contribution in [1.29, 1.82) is 0 Å². The van der Waals surface area contributed by atoms with Crippen molar-refractivity contribution in [2.75, 3.05) is 26.3 Å². The highest BCUT2D eigenvalue weighted by atomic mass is 16.5. The molecule has 2 aromatic carbocycles. The average molecular weight is 367 g/mol. The molecule has 1 saturated heterocycles. The maximum absolute atomic E-state index is 12.5. The van der Waals surface area contributed by atoms with Crippen molar-refractivity contribution in [1.82, 2.24) is 4.90 Å². The van der Waals surface area contributed by atoms with Crippen LogP contribution in [0.3, 0.4) is 0 Å². The average Bonchev–Trinajstić information content (AvgIpc) is 2.73. The minimum Gasteiger partial charge on any atom is -0.490 e. The molecule has 1 heterocycles. The summed E-state index contributed by atoms with van der Waals surface area (Å²) in [7, 11) is 0. The summed E-state index contributed by atoms with van der Waals surface area (Å²) in [4.78, 5) is 26.8. The monoisotopic (exact) mass is 367 g/mol. The normalized spacial score (nSPS) is 14.6. The molecule has 1 amide bonds. The van der Waals surface area contributed by atoms with Crippen LogP contribution in [0.25, 0.3) is 0 Å². The van der Waals surface area contributed by atoms with Crippen LogP contribution in [0.2, 0.25) is 0 Å². The fourth-order valence-corrected chi connectivity index (χ4v) is 3.30. The van der Waals surface area contributed by atoms with Crippen LogP contribution < -0.4 is 9.47 Å². The lowest BCUT2D eigenvalue weighted by atomic mass is 9.89. The molecule has 0 radical (unpaired) electrons. The first-order valence-electron chi connectivity index (χ1n) is 9.40. The summed E-state index contributed by atoms with van der Waals surface area (Å²) >= 11 is 0. The third kappa shape index (κ3) is 4.88. The molecular formula is C22H25NO4. The number of ketones is 1. The minimum absolute atomic E-state index is 0.0175. The fraction of sp³-hybridized carbons (Fsp3) is 0.364. The van der Waals surface area contributed by atoms with Crippen LogP contribution in [-0.2, 0) is 4.79 Å². The molecule has 0 bridgehead atoms. The summed E-state index contributed by atoms with van der Waals surface area (Å²) in [6, 6.07) is 16.7. The van der Waals surface area contributed by atoms with Crippen LogP contribution in [0.1, 0.15) is 30.1 Å². The first-order chi connectivity index (χ1) is 13.2. The highest BCUT2D eigenvalue weighted by Gasteiger charge is 2.28. The van der Waals surface area contributed by atoms with Gasteiger partial charge in [0.2, 0.25) is 0 Å². The molecule has 0 saturated carbocycles. The number of amides is 1. The van der Waals surface area contributed by atoms with Crippen LogP contribution in [0, 0.1) is 5.92 Å². The van der Waals surface area contributed by atoms with E-state index in [1.165, 1.54) is 0 Å². The Bertz CT molecular complexity index is 767. The van der Waals surface area contributed by atoms with Crippen molar-refractivity contribution < 1.29 is 19.1 Å². The van der Waals surface area contributed by atoms with Gasteiger partial charge in [-0.25, -0.2) is 0 Å². The van der Waals surface area contributed by atoms with Crippen LogP contribution in [0.4, 0.5) is 0 Å². The van der Waals surface area contributed by atoms with Crippen molar-refractivity contribution in [3.05, 3.63) is 60.2 Å². The first-order valence-corrected chi connectivity index (χ1v) is 9.40. The topological polar surface area (TPSA) is 55.8 Å². The molecule has 27 heavy (non-hydrogen) atoms. The van der Waals surface area contributed by atoms with E-state index in [0.29, 0.717) is 44.0 Å². The van der Waals surface area contributed by atoms with Crippen molar-refractivity contribution in [2.24, 2.45) is 5.92 Å². The Morgan fingerprint density at radius 3 is 2.15 bits per heavy atom. The predicted octanol–water partition coefficient (Wildman–Crippen LogP) is 3.59. The number of para-hydroxylation sites is 2. The van der Waals surface area contributed by atoms with Crippen molar-refractivity contribution in [2.45, 2.75) is 19.8 Å². The van der Waals surface area contributed by atoms with Gasteiger partial charge in [-0.15, -0.1) is 0 Å². The number of benzene rings is 2. The van der Waals surface area contributed by atoms with E-state index in [9.17, 15) is 9.59 Å². The van der Waals surface area contributed by atoms with Gasteiger partial charge in [-0.1, -0.05) is 42.5 Å². The zero-order valence-electron chi connectivity index (χ0n) is 15.6. The molecule has 0 spiro atoms. The third-order valence-corrected chi connectivity index (χ3v) is 4.78. The van der Waals surface area contributed by atoms with Gasteiger partial charge in [-0.05, 0) is 31.9 Å². The minimum atomic E-state index is -0.0630. The highest BCUT2D eigenvalue weighted by molar-refractivity contribution is 5.98. The second-order valence-electron chi connectivity index (χ2n) is 6.55. The van der Waals surface area contributed by atoms with E-state index < -0.39 is 0 Å². The van der Waals surface area contributed by atoms with Gasteiger partial charge in [0, 0.05) is 24.6 Å². The number of piperidine rings is 1. The van der Waals surface area contributed by atoms with Gasteiger partial charge in [-0.2, -0.15) is 0 Å². The molecule has 0 aromatic heterocycles. The number of hydrogen-bond acceptors (Lipinski definition) is 4. The molecule has 0 N–H and O–H groups in total. The van der Waals surface area contributed by atoms with E-state index in [-0.39, 0.29) is 24.2 Å². The maximum atomic E-state index is 12.5. The number of Topliss-reactive ketones (excluding diaryl/α,β-unsaturated/α-hetero) is 1. The molecule has 2 aromatic rings. The maximum Gasteiger partial charge on any atom is 0.260 e. The van der Waals surface area contributed by atoms with E-state index in [1.54, 1.807) is 11.0 Å². The lowest BCUT2D eigenvalue weighted by Crippen LogP contribution is -2.42. The molecule has 1 fully saturated rings. The second-order valence-corrected chi connectivity index (χ2v) is 6.55. The van der Waals surface area contributed by atoms with E-state index in [1.807, 2.05) is 55.5 Å². The number of hydrogen-bond donors (Lipinski definition) is 0. The number of likely N-dealkylation sites (tertiary alicyclic amines) is 1. The van der Waals surface area contributed by atoms with Crippen molar-refractivity contribution in [3.8, 4) is 11.5 Å². The number of carbonyl (C=O) groups is 2. The Hall–Kier alpha value is -2.82.